The molecule has 5 nitrogen and oxygen atoms in total. The van der Waals surface area contributed by atoms with Gasteiger partial charge in [-0.25, -0.2) is 13.8 Å². The van der Waals surface area contributed by atoms with Gasteiger partial charge in [0.25, 0.3) is 5.91 Å². The molecule has 154 valence electrons. The Morgan fingerprint density at radius 1 is 1.17 bits per heavy atom. The minimum atomic E-state index is -0.898. The minimum absolute atomic E-state index is 0.00644. The highest BCUT2D eigenvalue weighted by molar-refractivity contribution is 5.92. The van der Waals surface area contributed by atoms with Crippen molar-refractivity contribution in [1.82, 2.24) is 19.8 Å². The molecular weight excluding hydrogens is 374 g/mol. The van der Waals surface area contributed by atoms with E-state index in [-0.39, 0.29) is 11.1 Å². The maximum Gasteiger partial charge on any atom is 0.275 e. The zero-order valence-electron chi connectivity index (χ0n) is 16.7. The first-order valence-electron chi connectivity index (χ1n) is 10.2. The Balaban J connectivity index is 1.46. The van der Waals surface area contributed by atoms with Gasteiger partial charge in [0.2, 0.25) is 0 Å². The van der Waals surface area contributed by atoms with E-state index in [1.165, 1.54) is 0 Å². The normalized spacial score (nSPS) is 22.8. The van der Waals surface area contributed by atoms with Crippen LogP contribution in [0.4, 0.5) is 8.78 Å². The van der Waals surface area contributed by atoms with Crippen LogP contribution in [0.2, 0.25) is 0 Å². The van der Waals surface area contributed by atoms with Crippen molar-refractivity contribution < 1.29 is 13.6 Å². The monoisotopic (exact) mass is 400 g/mol. The molecule has 1 spiro atoms. The minimum Gasteiger partial charge on any atom is -0.337 e. The molecule has 2 aliphatic heterocycles. The van der Waals surface area contributed by atoms with Crippen molar-refractivity contribution in [3.63, 3.8) is 0 Å². The molecule has 2 saturated heterocycles. The lowest BCUT2D eigenvalue weighted by molar-refractivity contribution is 0.0105. The third-order valence-electron chi connectivity index (χ3n) is 6.03. The van der Waals surface area contributed by atoms with E-state index in [2.05, 4.69) is 14.9 Å². The van der Waals surface area contributed by atoms with E-state index in [1.54, 1.807) is 4.90 Å². The van der Waals surface area contributed by atoms with Crippen LogP contribution in [0.15, 0.2) is 30.5 Å². The fourth-order valence-corrected chi connectivity index (χ4v) is 4.80. The highest BCUT2D eigenvalue weighted by Gasteiger charge is 2.41. The number of hydrogen-bond acceptors (Lipinski definition) is 4. The fourth-order valence-electron chi connectivity index (χ4n) is 4.80. The van der Waals surface area contributed by atoms with Crippen molar-refractivity contribution in [2.45, 2.75) is 39.2 Å². The standard InChI is InChI=1S/C22H26F2N4O/c1-16-5-2-6-18(26-16)13-27-9-3-7-22(14-27)8-4-10-28(15-22)21(29)20-19(24)11-17(23)12-25-20/h2,5-6,11-12H,3-4,7-10,13-15H2,1H3. The predicted octanol–water partition coefficient (Wildman–Crippen LogP) is 3.58. The summed E-state index contributed by atoms with van der Waals surface area (Å²) < 4.78 is 27.2. The first-order valence-corrected chi connectivity index (χ1v) is 10.2. The van der Waals surface area contributed by atoms with Crippen molar-refractivity contribution in [2.75, 3.05) is 26.2 Å². The molecule has 2 fully saturated rings. The lowest BCUT2D eigenvalue weighted by atomic mass is 9.73. The van der Waals surface area contributed by atoms with Crippen molar-refractivity contribution >= 4 is 5.91 Å². The summed E-state index contributed by atoms with van der Waals surface area (Å²) in [7, 11) is 0. The zero-order valence-corrected chi connectivity index (χ0v) is 16.7. The zero-order chi connectivity index (χ0) is 20.4. The molecule has 0 bridgehead atoms. The Morgan fingerprint density at radius 2 is 1.97 bits per heavy atom. The highest BCUT2D eigenvalue weighted by Crippen LogP contribution is 2.39. The van der Waals surface area contributed by atoms with E-state index >= 15 is 0 Å². The number of rotatable bonds is 3. The third-order valence-corrected chi connectivity index (χ3v) is 6.03. The maximum absolute atomic E-state index is 14.1. The molecule has 1 atom stereocenters. The number of carbonyl (C=O) groups is 1. The van der Waals surface area contributed by atoms with Crippen LogP contribution in [-0.2, 0) is 6.54 Å². The molecule has 4 heterocycles. The number of carbonyl (C=O) groups excluding carboxylic acids is 1. The number of aromatic nitrogens is 2. The van der Waals surface area contributed by atoms with Gasteiger partial charge >= 0.3 is 0 Å². The van der Waals surface area contributed by atoms with Crippen LogP contribution < -0.4 is 0 Å². The summed E-state index contributed by atoms with van der Waals surface area (Å²) in [6.45, 7) is 5.87. The Labute approximate surface area is 169 Å². The van der Waals surface area contributed by atoms with Crippen LogP contribution in [0.3, 0.4) is 0 Å². The van der Waals surface area contributed by atoms with Crippen LogP contribution in [0.5, 0.6) is 0 Å². The molecule has 1 amide bonds. The van der Waals surface area contributed by atoms with Gasteiger partial charge in [-0.3, -0.25) is 14.7 Å². The molecule has 4 rings (SSSR count). The van der Waals surface area contributed by atoms with E-state index < -0.39 is 17.5 Å². The van der Waals surface area contributed by atoms with Gasteiger partial charge < -0.3 is 4.90 Å². The lowest BCUT2D eigenvalue weighted by Crippen LogP contribution is -2.53. The van der Waals surface area contributed by atoms with Gasteiger partial charge in [-0.2, -0.15) is 0 Å². The molecule has 1 unspecified atom stereocenters. The summed E-state index contributed by atoms with van der Waals surface area (Å²) >= 11 is 0. The number of amides is 1. The van der Waals surface area contributed by atoms with Gasteiger partial charge in [0.15, 0.2) is 11.5 Å². The Hall–Kier alpha value is -2.41. The van der Waals surface area contributed by atoms with Crippen molar-refractivity contribution in [2.24, 2.45) is 5.41 Å². The number of aryl methyl sites for hydroxylation is 1. The van der Waals surface area contributed by atoms with E-state index in [1.807, 2.05) is 25.1 Å². The first-order chi connectivity index (χ1) is 13.9. The molecule has 0 radical (unpaired) electrons. The summed E-state index contributed by atoms with van der Waals surface area (Å²) in [6.07, 6.45) is 4.94. The van der Waals surface area contributed by atoms with Gasteiger partial charge in [-0.15, -0.1) is 0 Å². The van der Waals surface area contributed by atoms with E-state index in [0.29, 0.717) is 13.1 Å². The van der Waals surface area contributed by atoms with Crippen LogP contribution >= 0.6 is 0 Å². The molecule has 2 aliphatic rings. The van der Waals surface area contributed by atoms with Gasteiger partial charge in [-0.1, -0.05) is 6.07 Å². The number of halogens is 2. The molecule has 7 heteroatoms. The summed E-state index contributed by atoms with van der Waals surface area (Å²) in [5, 5.41) is 0. The smallest absolute Gasteiger partial charge is 0.275 e. The molecule has 0 N–H and O–H groups in total. The van der Waals surface area contributed by atoms with E-state index in [4.69, 9.17) is 0 Å². The van der Waals surface area contributed by atoms with E-state index in [9.17, 15) is 13.6 Å². The van der Waals surface area contributed by atoms with Crippen molar-refractivity contribution in [3.05, 3.63) is 59.2 Å². The number of nitrogens with zero attached hydrogens (tertiary/aromatic N) is 4. The van der Waals surface area contributed by atoms with Crippen LogP contribution in [0.25, 0.3) is 0 Å². The summed E-state index contributed by atoms with van der Waals surface area (Å²) in [5.41, 5.74) is 1.79. The quantitative estimate of drug-likeness (QED) is 0.790. The largest absolute Gasteiger partial charge is 0.337 e. The average Bonchev–Trinajstić information content (AvgIpc) is 2.68. The summed E-state index contributed by atoms with van der Waals surface area (Å²) in [4.78, 5) is 25.3. The summed E-state index contributed by atoms with van der Waals surface area (Å²) in [5.74, 6) is -2.12. The molecule has 0 aromatic carbocycles. The van der Waals surface area contributed by atoms with Gasteiger partial charge in [0, 0.05) is 43.4 Å². The number of piperidine rings is 2. The van der Waals surface area contributed by atoms with Crippen molar-refractivity contribution in [3.8, 4) is 0 Å². The second-order valence-corrected chi connectivity index (χ2v) is 8.40. The van der Waals surface area contributed by atoms with Crippen LogP contribution in [0, 0.1) is 24.0 Å². The Morgan fingerprint density at radius 3 is 2.72 bits per heavy atom. The van der Waals surface area contributed by atoms with Gasteiger partial charge in [-0.05, 0) is 51.3 Å². The Bertz CT molecular complexity index is 902. The molecular formula is C22H26F2N4O. The number of pyridine rings is 2. The van der Waals surface area contributed by atoms with Gasteiger partial charge in [0.1, 0.15) is 5.82 Å². The summed E-state index contributed by atoms with van der Waals surface area (Å²) in [6, 6.07) is 6.79. The first kappa shape index (κ1) is 19.9. The molecule has 2 aromatic rings. The fraction of sp³-hybridized carbons (Fsp3) is 0.500. The van der Waals surface area contributed by atoms with E-state index in [0.717, 1.165) is 69.0 Å². The molecule has 29 heavy (non-hydrogen) atoms. The average molecular weight is 400 g/mol. The Kier molecular flexibility index (Phi) is 5.58. The molecule has 2 aromatic heterocycles. The third kappa shape index (κ3) is 4.45. The SMILES string of the molecule is Cc1cccc(CN2CCCC3(CCCN(C(=O)c4ncc(F)cc4F)C3)C2)n1. The number of hydrogen-bond donors (Lipinski definition) is 0. The topological polar surface area (TPSA) is 49.3 Å². The molecule has 0 aliphatic carbocycles. The van der Waals surface area contributed by atoms with Gasteiger partial charge in [0.05, 0.1) is 11.9 Å². The van der Waals surface area contributed by atoms with Crippen molar-refractivity contribution in [1.29, 1.82) is 0 Å². The maximum atomic E-state index is 14.1. The number of likely N-dealkylation sites (tertiary alicyclic amines) is 2. The second kappa shape index (κ2) is 8.14. The predicted molar refractivity (Wildman–Crippen MR) is 105 cm³/mol. The lowest BCUT2D eigenvalue weighted by Gasteiger charge is -2.48. The van der Waals surface area contributed by atoms with Crippen LogP contribution in [-0.4, -0.2) is 51.9 Å². The highest BCUT2D eigenvalue weighted by atomic mass is 19.1. The van der Waals surface area contributed by atoms with Crippen LogP contribution in [0.1, 0.15) is 47.6 Å². The molecule has 0 saturated carbocycles. The second-order valence-electron chi connectivity index (χ2n) is 8.40.